The van der Waals surface area contributed by atoms with Crippen molar-refractivity contribution in [3.8, 4) is 28.4 Å². The minimum Gasteiger partial charge on any atom is -0.490 e. The van der Waals surface area contributed by atoms with Crippen LogP contribution in [-0.4, -0.2) is 31.3 Å². The molecule has 0 fully saturated rings. The molecule has 0 bridgehead atoms. The van der Waals surface area contributed by atoms with Crippen molar-refractivity contribution in [1.82, 2.24) is 5.43 Å². The molecule has 4 aromatic carbocycles. The van der Waals surface area contributed by atoms with Crippen LogP contribution in [0.4, 0.5) is 4.39 Å². The Morgan fingerprint density at radius 3 is 2.26 bits per heavy atom. The van der Waals surface area contributed by atoms with Crippen LogP contribution < -0.4 is 19.6 Å². The molecular formula is C30H25FN2O5. The summed E-state index contributed by atoms with van der Waals surface area (Å²) in [4.78, 5) is 24.5. The maximum Gasteiger partial charge on any atom is 0.343 e. The average molecular weight is 513 g/mol. The molecule has 0 saturated heterocycles. The number of hydrogen-bond acceptors (Lipinski definition) is 6. The van der Waals surface area contributed by atoms with Gasteiger partial charge in [-0.1, -0.05) is 42.5 Å². The van der Waals surface area contributed by atoms with E-state index in [0.717, 1.165) is 11.1 Å². The number of esters is 1. The first-order chi connectivity index (χ1) is 18.5. The van der Waals surface area contributed by atoms with Crippen molar-refractivity contribution in [3.63, 3.8) is 0 Å². The standard InChI is InChI=1S/C30H25FN2O5/c1-2-36-28-18-21(8-17-27(28)38-30(35)24-9-13-25(31)14-10-24)19-32-33-29(34)20-37-26-15-11-23(12-16-26)22-6-4-3-5-7-22/h3-19H,2,20H2,1H3,(H,33,34)/b32-19+. The summed E-state index contributed by atoms with van der Waals surface area (Å²) in [6.07, 6.45) is 1.43. The van der Waals surface area contributed by atoms with E-state index in [1.807, 2.05) is 42.5 Å². The van der Waals surface area contributed by atoms with Gasteiger partial charge in [0, 0.05) is 0 Å². The van der Waals surface area contributed by atoms with Gasteiger partial charge in [-0.15, -0.1) is 0 Å². The van der Waals surface area contributed by atoms with E-state index in [0.29, 0.717) is 23.7 Å². The highest BCUT2D eigenvalue weighted by Crippen LogP contribution is 2.29. The minimum absolute atomic E-state index is 0.203. The number of ether oxygens (including phenoxy) is 3. The zero-order valence-electron chi connectivity index (χ0n) is 20.6. The first-order valence-corrected chi connectivity index (χ1v) is 11.9. The number of nitrogens with one attached hydrogen (secondary N) is 1. The highest BCUT2D eigenvalue weighted by atomic mass is 19.1. The lowest BCUT2D eigenvalue weighted by Gasteiger charge is -2.11. The normalized spacial score (nSPS) is 10.7. The van der Waals surface area contributed by atoms with Gasteiger partial charge in [0.15, 0.2) is 18.1 Å². The Morgan fingerprint density at radius 1 is 0.842 bits per heavy atom. The van der Waals surface area contributed by atoms with E-state index in [-0.39, 0.29) is 17.9 Å². The van der Waals surface area contributed by atoms with Crippen LogP contribution in [0.3, 0.4) is 0 Å². The highest BCUT2D eigenvalue weighted by Gasteiger charge is 2.13. The van der Waals surface area contributed by atoms with Crippen molar-refractivity contribution in [2.45, 2.75) is 6.92 Å². The number of amides is 1. The van der Waals surface area contributed by atoms with Crippen LogP contribution in [0.2, 0.25) is 0 Å². The Labute approximate surface area is 219 Å². The Kier molecular flexibility index (Phi) is 8.80. The van der Waals surface area contributed by atoms with Gasteiger partial charge in [0.25, 0.3) is 5.91 Å². The van der Waals surface area contributed by atoms with Crippen molar-refractivity contribution >= 4 is 18.1 Å². The molecule has 0 radical (unpaired) electrons. The van der Waals surface area contributed by atoms with Crippen LogP contribution in [0, 0.1) is 5.82 Å². The topological polar surface area (TPSA) is 86.2 Å². The predicted octanol–water partition coefficient (Wildman–Crippen LogP) is 5.64. The van der Waals surface area contributed by atoms with E-state index in [2.05, 4.69) is 10.5 Å². The number of carbonyl (C=O) groups excluding carboxylic acids is 2. The molecular weight excluding hydrogens is 487 g/mol. The minimum atomic E-state index is -0.644. The van der Waals surface area contributed by atoms with E-state index in [1.165, 1.54) is 30.5 Å². The molecule has 0 saturated carbocycles. The van der Waals surface area contributed by atoms with Gasteiger partial charge >= 0.3 is 5.97 Å². The van der Waals surface area contributed by atoms with E-state index in [9.17, 15) is 14.0 Å². The smallest absolute Gasteiger partial charge is 0.343 e. The Hall–Kier alpha value is -4.98. The fourth-order valence-electron chi connectivity index (χ4n) is 3.44. The van der Waals surface area contributed by atoms with Crippen LogP contribution in [0.25, 0.3) is 11.1 Å². The summed E-state index contributed by atoms with van der Waals surface area (Å²) in [5.41, 5.74) is 5.37. The second kappa shape index (κ2) is 12.8. The molecule has 0 spiro atoms. The Bertz CT molecular complexity index is 1410. The first-order valence-electron chi connectivity index (χ1n) is 11.9. The van der Waals surface area contributed by atoms with Gasteiger partial charge < -0.3 is 14.2 Å². The molecule has 8 heteroatoms. The number of hydrogen-bond donors (Lipinski definition) is 1. The third-order valence-electron chi connectivity index (χ3n) is 5.28. The quantitative estimate of drug-likeness (QED) is 0.129. The summed E-state index contributed by atoms with van der Waals surface area (Å²) in [6.45, 7) is 1.92. The summed E-state index contributed by atoms with van der Waals surface area (Å²) in [6, 6.07) is 27.3. The molecule has 38 heavy (non-hydrogen) atoms. The number of rotatable bonds is 10. The van der Waals surface area contributed by atoms with E-state index in [1.54, 1.807) is 37.3 Å². The van der Waals surface area contributed by atoms with Crippen LogP contribution >= 0.6 is 0 Å². The molecule has 7 nitrogen and oxygen atoms in total. The molecule has 1 amide bonds. The summed E-state index contributed by atoms with van der Waals surface area (Å²) in [5.74, 6) is -0.431. The van der Waals surface area contributed by atoms with Gasteiger partial charge in [-0.2, -0.15) is 5.10 Å². The summed E-state index contributed by atoms with van der Waals surface area (Å²) < 4.78 is 29.6. The SMILES string of the molecule is CCOc1cc(/C=N/NC(=O)COc2ccc(-c3ccccc3)cc2)ccc1OC(=O)c1ccc(F)cc1. The van der Waals surface area contributed by atoms with Crippen LogP contribution in [-0.2, 0) is 4.79 Å². The number of benzene rings is 4. The molecule has 4 rings (SSSR count). The number of hydrazone groups is 1. The molecule has 0 aliphatic heterocycles. The highest BCUT2D eigenvalue weighted by molar-refractivity contribution is 5.91. The van der Waals surface area contributed by atoms with Gasteiger partial charge in [0.05, 0.1) is 18.4 Å². The zero-order valence-corrected chi connectivity index (χ0v) is 20.6. The summed E-state index contributed by atoms with van der Waals surface area (Å²) in [7, 11) is 0. The fourth-order valence-corrected chi connectivity index (χ4v) is 3.44. The third-order valence-corrected chi connectivity index (χ3v) is 5.28. The molecule has 0 unspecified atom stereocenters. The summed E-state index contributed by atoms with van der Waals surface area (Å²) in [5, 5.41) is 3.95. The number of carbonyl (C=O) groups is 2. The number of halogens is 1. The van der Waals surface area contributed by atoms with Gasteiger partial charge in [-0.25, -0.2) is 14.6 Å². The average Bonchev–Trinajstić information content (AvgIpc) is 2.94. The van der Waals surface area contributed by atoms with E-state index >= 15 is 0 Å². The molecule has 0 aliphatic rings. The van der Waals surface area contributed by atoms with Crippen molar-refractivity contribution in [1.29, 1.82) is 0 Å². The van der Waals surface area contributed by atoms with Crippen molar-refractivity contribution in [3.05, 3.63) is 114 Å². The van der Waals surface area contributed by atoms with E-state index < -0.39 is 17.7 Å². The fraction of sp³-hybridized carbons (Fsp3) is 0.100. The molecule has 0 heterocycles. The van der Waals surface area contributed by atoms with Gasteiger partial charge in [0.2, 0.25) is 0 Å². The Balaban J connectivity index is 1.30. The second-order valence-corrected chi connectivity index (χ2v) is 8.01. The maximum absolute atomic E-state index is 13.1. The molecule has 0 aliphatic carbocycles. The van der Waals surface area contributed by atoms with Gasteiger partial charge in [0.1, 0.15) is 11.6 Å². The van der Waals surface area contributed by atoms with Crippen LogP contribution in [0.1, 0.15) is 22.8 Å². The van der Waals surface area contributed by atoms with Crippen LogP contribution in [0.15, 0.2) is 102 Å². The summed E-state index contributed by atoms with van der Waals surface area (Å²) >= 11 is 0. The molecule has 1 N–H and O–H groups in total. The largest absolute Gasteiger partial charge is 0.490 e. The van der Waals surface area contributed by atoms with Crippen molar-refractivity contribution < 1.29 is 28.2 Å². The first kappa shape index (κ1) is 26.1. The van der Waals surface area contributed by atoms with Crippen LogP contribution in [0.5, 0.6) is 17.2 Å². The van der Waals surface area contributed by atoms with Crippen molar-refractivity contribution in [2.24, 2.45) is 5.10 Å². The lowest BCUT2D eigenvalue weighted by Crippen LogP contribution is -2.24. The third kappa shape index (κ3) is 7.27. The molecule has 4 aromatic rings. The van der Waals surface area contributed by atoms with Gasteiger partial charge in [-0.3, -0.25) is 4.79 Å². The molecule has 0 atom stereocenters. The zero-order chi connectivity index (χ0) is 26.7. The Morgan fingerprint density at radius 2 is 1.55 bits per heavy atom. The second-order valence-electron chi connectivity index (χ2n) is 8.01. The lowest BCUT2D eigenvalue weighted by atomic mass is 10.1. The van der Waals surface area contributed by atoms with Gasteiger partial charge in [-0.05, 0) is 78.2 Å². The number of nitrogens with zero attached hydrogens (tertiary/aromatic N) is 1. The monoisotopic (exact) mass is 512 g/mol. The molecule has 192 valence electrons. The maximum atomic E-state index is 13.1. The lowest BCUT2D eigenvalue weighted by molar-refractivity contribution is -0.123. The van der Waals surface area contributed by atoms with E-state index in [4.69, 9.17) is 14.2 Å². The molecule has 0 aromatic heterocycles. The predicted molar refractivity (Wildman–Crippen MR) is 142 cm³/mol. The van der Waals surface area contributed by atoms with Crippen molar-refractivity contribution in [2.75, 3.05) is 13.2 Å².